The van der Waals surface area contributed by atoms with Gasteiger partial charge in [0, 0.05) is 36.1 Å². The minimum absolute atomic E-state index is 0.856. The fraction of sp³-hybridized carbons (Fsp3) is 0.182. The van der Waals surface area contributed by atoms with Gasteiger partial charge in [0.15, 0.2) is 0 Å². The largest absolute Gasteiger partial charge is 0.357 e. The molecule has 13 heavy (non-hydrogen) atoms. The van der Waals surface area contributed by atoms with Crippen molar-refractivity contribution < 1.29 is 0 Å². The second-order valence-electron chi connectivity index (χ2n) is 3.30. The van der Waals surface area contributed by atoms with E-state index >= 15 is 0 Å². The Morgan fingerprint density at radius 2 is 2.15 bits per heavy atom. The van der Waals surface area contributed by atoms with E-state index in [1.165, 1.54) is 22.2 Å². The number of H-pyrrole nitrogens is 1. The molecule has 0 spiro atoms. The smallest absolute Gasteiger partial charge is 0.0459 e. The average molecular weight is 170 g/mol. The second-order valence-corrected chi connectivity index (χ2v) is 3.30. The molecule has 1 aliphatic rings. The number of para-hydroxylation sites is 1. The monoisotopic (exact) mass is 170 g/mol. The average Bonchev–Trinajstić information content (AvgIpc) is 2.56. The van der Waals surface area contributed by atoms with Gasteiger partial charge in [-0.2, -0.15) is 0 Å². The summed E-state index contributed by atoms with van der Waals surface area (Å²) in [6.07, 6.45) is 3.34. The zero-order chi connectivity index (χ0) is 8.67. The number of benzene rings is 1. The van der Waals surface area contributed by atoms with Gasteiger partial charge in [0.05, 0.1) is 0 Å². The SMILES string of the molecule is [C]1CNCc2[nH]c3ccccc3c21. The predicted molar refractivity (Wildman–Crippen MR) is 52.4 cm³/mol. The van der Waals surface area contributed by atoms with E-state index in [1.54, 1.807) is 0 Å². The summed E-state index contributed by atoms with van der Waals surface area (Å²) in [6, 6.07) is 8.37. The molecule has 2 N–H and O–H groups in total. The van der Waals surface area contributed by atoms with E-state index < -0.39 is 0 Å². The van der Waals surface area contributed by atoms with Gasteiger partial charge in [-0.1, -0.05) is 18.2 Å². The summed E-state index contributed by atoms with van der Waals surface area (Å²) < 4.78 is 0. The van der Waals surface area contributed by atoms with Crippen molar-refractivity contribution in [2.75, 3.05) is 6.54 Å². The highest BCUT2D eigenvalue weighted by Gasteiger charge is 2.14. The summed E-state index contributed by atoms with van der Waals surface area (Å²) in [5, 5.41) is 4.55. The summed E-state index contributed by atoms with van der Waals surface area (Å²) >= 11 is 0. The molecule has 1 aromatic carbocycles. The zero-order valence-corrected chi connectivity index (χ0v) is 7.22. The third-order valence-electron chi connectivity index (χ3n) is 2.48. The van der Waals surface area contributed by atoms with Gasteiger partial charge in [-0.15, -0.1) is 0 Å². The van der Waals surface area contributed by atoms with Crippen LogP contribution in [0.4, 0.5) is 0 Å². The standard InChI is InChI=1S/C11H10N2/c1-2-4-10-8(3-1)9-5-6-12-7-11(9)13-10/h1-4,12-13H,6-7H2. The topological polar surface area (TPSA) is 27.8 Å². The Hall–Kier alpha value is -1.28. The van der Waals surface area contributed by atoms with Crippen LogP contribution in [-0.2, 0) is 6.54 Å². The Morgan fingerprint density at radius 3 is 3.15 bits per heavy atom. The molecule has 0 unspecified atom stereocenters. The van der Waals surface area contributed by atoms with E-state index in [9.17, 15) is 0 Å². The first-order valence-corrected chi connectivity index (χ1v) is 4.49. The number of rotatable bonds is 0. The fourth-order valence-electron chi connectivity index (χ4n) is 1.87. The maximum Gasteiger partial charge on any atom is 0.0459 e. The summed E-state index contributed by atoms with van der Waals surface area (Å²) in [5.74, 6) is 0. The van der Waals surface area contributed by atoms with Crippen LogP contribution in [0.15, 0.2) is 24.3 Å². The fourth-order valence-corrected chi connectivity index (χ4v) is 1.87. The molecule has 1 aliphatic heterocycles. The van der Waals surface area contributed by atoms with Crippen molar-refractivity contribution in [3.05, 3.63) is 41.9 Å². The molecule has 0 fully saturated rings. The molecule has 0 amide bonds. The van der Waals surface area contributed by atoms with Crippen molar-refractivity contribution in [3.8, 4) is 0 Å². The molecule has 0 saturated heterocycles. The van der Waals surface area contributed by atoms with Crippen LogP contribution < -0.4 is 5.32 Å². The van der Waals surface area contributed by atoms with Crippen LogP contribution in [0.25, 0.3) is 10.9 Å². The molecule has 2 nitrogen and oxygen atoms in total. The van der Waals surface area contributed by atoms with Gasteiger partial charge in [-0.25, -0.2) is 0 Å². The zero-order valence-electron chi connectivity index (χ0n) is 7.22. The molecule has 0 saturated carbocycles. The van der Waals surface area contributed by atoms with Crippen LogP contribution in [0.5, 0.6) is 0 Å². The molecule has 2 heterocycles. The molecule has 2 radical (unpaired) electrons. The molecular weight excluding hydrogens is 160 g/mol. The van der Waals surface area contributed by atoms with Crippen LogP contribution in [0.1, 0.15) is 11.3 Å². The molecule has 2 heteroatoms. The molecule has 3 rings (SSSR count). The van der Waals surface area contributed by atoms with Crippen LogP contribution in [0.3, 0.4) is 0 Å². The van der Waals surface area contributed by atoms with Crippen molar-refractivity contribution in [2.45, 2.75) is 6.54 Å². The summed E-state index contributed by atoms with van der Waals surface area (Å²) in [5.41, 5.74) is 3.73. The summed E-state index contributed by atoms with van der Waals surface area (Å²) in [6.45, 7) is 1.78. The number of aromatic nitrogens is 1. The number of aromatic amines is 1. The molecular formula is C11H10N2. The van der Waals surface area contributed by atoms with Crippen molar-refractivity contribution in [1.82, 2.24) is 10.3 Å². The van der Waals surface area contributed by atoms with Crippen LogP contribution in [0.2, 0.25) is 0 Å². The van der Waals surface area contributed by atoms with Gasteiger partial charge in [0.2, 0.25) is 0 Å². The third kappa shape index (κ3) is 0.988. The Kier molecular flexibility index (Phi) is 1.43. The van der Waals surface area contributed by atoms with Crippen LogP contribution in [-0.4, -0.2) is 11.5 Å². The lowest BCUT2D eigenvalue weighted by molar-refractivity contribution is 0.699. The number of hydrogen-bond acceptors (Lipinski definition) is 1. The highest BCUT2D eigenvalue weighted by atomic mass is 14.9. The van der Waals surface area contributed by atoms with E-state index in [1.807, 2.05) is 0 Å². The van der Waals surface area contributed by atoms with Gasteiger partial charge >= 0.3 is 0 Å². The Balaban J connectivity index is 2.34. The maximum atomic E-state index is 3.39. The lowest BCUT2D eigenvalue weighted by Crippen LogP contribution is -2.21. The lowest BCUT2D eigenvalue weighted by atomic mass is 10.1. The first kappa shape index (κ1) is 7.15. The first-order valence-electron chi connectivity index (χ1n) is 4.49. The Labute approximate surface area is 77.0 Å². The van der Waals surface area contributed by atoms with Crippen molar-refractivity contribution in [3.63, 3.8) is 0 Å². The van der Waals surface area contributed by atoms with E-state index in [-0.39, 0.29) is 0 Å². The second kappa shape index (κ2) is 2.60. The van der Waals surface area contributed by atoms with Crippen molar-refractivity contribution in [1.29, 1.82) is 0 Å². The van der Waals surface area contributed by atoms with Crippen LogP contribution in [0, 0.1) is 6.42 Å². The molecule has 1 aromatic heterocycles. The Bertz CT molecular complexity index is 442. The highest BCUT2D eigenvalue weighted by Crippen LogP contribution is 2.25. The normalized spacial score (nSPS) is 16.0. The van der Waals surface area contributed by atoms with E-state index in [4.69, 9.17) is 0 Å². The Morgan fingerprint density at radius 1 is 1.23 bits per heavy atom. The van der Waals surface area contributed by atoms with Gasteiger partial charge in [-0.05, 0) is 11.6 Å². The molecule has 2 aromatic rings. The highest BCUT2D eigenvalue weighted by molar-refractivity contribution is 5.86. The molecule has 64 valence electrons. The molecule has 0 atom stereocenters. The lowest BCUT2D eigenvalue weighted by Gasteiger charge is -2.11. The van der Waals surface area contributed by atoms with E-state index in [2.05, 4.69) is 41.0 Å². The van der Waals surface area contributed by atoms with E-state index in [0.29, 0.717) is 0 Å². The minimum Gasteiger partial charge on any atom is -0.357 e. The van der Waals surface area contributed by atoms with Gasteiger partial charge in [0.25, 0.3) is 0 Å². The van der Waals surface area contributed by atoms with Gasteiger partial charge < -0.3 is 10.3 Å². The van der Waals surface area contributed by atoms with E-state index in [0.717, 1.165) is 13.1 Å². The summed E-state index contributed by atoms with van der Waals surface area (Å²) in [7, 11) is 0. The minimum atomic E-state index is 0.856. The molecule has 0 aliphatic carbocycles. The van der Waals surface area contributed by atoms with Crippen molar-refractivity contribution in [2.24, 2.45) is 0 Å². The first-order chi connectivity index (χ1) is 6.45. The number of nitrogens with one attached hydrogen (secondary N) is 2. The summed E-state index contributed by atoms with van der Waals surface area (Å²) in [4.78, 5) is 3.39. The van der Waals surface area contributed by atoms with Gasteiger partial charge in [0.1, 0.15) is 0 Å². The maximum absolute atomic E-state index is 3.39. The third-order valence-corrected chi connectivity index (χ3v) is 2.48. The number of hydrogen-bond donors (Lipinski definition) is 2. The number of fused-ring (bicyclic) bond motifs is 3. The van der Waals surface area contributed by atoms with Gasteiger partial charge in [-0.3, -0.25) is 0 Å². The van der Waals surface area contributed by atoms with Crippen molar-refractivity contribution >= 4 is 10.9 Å². The van der Waals surface area contributed by atoms with Crippen LogP contribution >= 0.6 is 0 Å². The quantitative estimate of drug-likeness (QED) is 0.618. The predicted octanol–water partition coefficient (Wildman–Crippen LogP) is 1.70. The molecule has 0 bridgehead atoms.